The van der Waals surface area contributed by atoms with Crippen molar-refractivity contribution in [1.29, 1.82) is 0 Å². The summed E-state index contributed by atoms with van der Waals surface area (Å²) in [6.07, 6.45) is 0. The third-order valence-corrected chi connectivity index (χ3v) is 5.29. The van der Waals surface area contributed by atoms with Crippen molar-refractivity contribution in [3.05, 3.63) is 100.0 Å². The Hall–Kier alpha value is -4.39. The van der Waals surface area contributed by atoms with Crippen molar-refractivity contribution >= 4 is 5.91 Å². The standard InChI is InChI=1S/C26H23N3O4/c1-16-12-19(8-11-24(16)30)23-14-22(28-26(32)29-23)18-4-3-5-20(13-18)25(31)27-15-17-6-9-21(33-2)10-7-17/h3-14,30H,15H2,1-2H3,(H,27,31)(H,28,29,32). The van der Waals surface area contributed by atoms with Crippen LogP contribution in [0, 0.1) is 6.92 Å². The normalized spacial score (nSPS) is 10.6. The lowest BCUT2D eigenvalue weighted by atomic mass is 10.0. The van der Waals surface area contributed by atoms with E-state index < -0.39 is 5.69 Å². The van der Waals surface area contributed by atoms with E-state index in [1.807, 2.05) is 24.3 Å². The summed E-state index contributed by atoms with van der Waals surface area (Å²) in [5.74, 6) is 0.709. The minimum absolute atomic E-state index is 0.184. The van der Waals surface area contributed by atoms with Gasteiger partial charge in [0.25, 0.3) is 5.91 Å². The molecule has 0 radical (unpaired) electrons. The van der Waals surface area contributed by atoms with Gasteiger partial charge in [0.15, 0.2) is 0 Å². The molecule has 0 bridgehead atoms. The van der Waals surface area contributed by atoms with Gasteiger partial charge in [-0.25, -0.2) is 4.79 Å². The minimum atomic E-state index is -0.498. The first-order valence-corrected chi connectivity index (χ1v) is 10.4. The van der Waals surface area contributed by atoms with E-state index in [4.69, 9.17) is 4.74 Å². The number of rotatable bonds is 6. The summed E-state index contributed by atoms with van der Waals surface area (Å²) in [7, 11) is 1.61. The Morgan fingerprint density at radius 1 is 1.03 bits per heavy atom. The number of carbonyl (C=O) groups is 1. The first-order chi connectivity index (χ1) is 15.9. The average molecular weight is 441 g/mol. The zero-order valence-corrected chi connectivity index (χ0v) is 18.3. The molecule has 3 N–H and O–H groups in total. The van der Waals surface area contributed by atoms with Crippen LogP contribution in [0.2, 0.25) is 0 Å². The van der Waals surface area contributed by atoms with Gasteiger partial charge < -0.3 is 20.1 Å². The fourth-order valence-electron chi connectivity index (χ4n) is 3.43. The molecule has 7 heteroatoms. The highest BCUT2D eigenvalue weighted by molar-refractivity contribution is 5.95. The molecule has 0 atom stereocenters. The number of nitrogens with zero attached hydrogens (tertiary/aromatic N) is 1. The largest absolute Gasteiger partial charge is 0.508 e. The summed E-state index contributed by atoms with van der Waals surface area (Å²) < 4.78 is 5.15. The number of phenolic OH excluding ortho intramolecular Hbond substituents is 1. The Morgan fingerprint density at radius 2 is 1.82 bits per heavy atom. The minimum Gasteiger partial charge on any atom is -0.508 e. The fourth-order valence-corrected chi connectivity index (χ4v) is 3.43. The Bertz CT molecular complexity index is 1360. The molecule has 33 heavy (non-hydrogen) atoms. The van der Waals surface area contributed by atoms with E-state index in [-0.39, 0.29) is 11.7 Å². The highest BCUT2D eigenvalue weighted by Gasteiger charge is 2.11. The number of hydrogen-bond donors (Lipinski definition) is 3. The molecule has 166 valence electrons. The maximum Gasteiger partial charge on any atom is 0.345 e. The second-order valence-electron chi connectivity index (χ2n) is 7.60. The number of benzene rings is 3. The molecule has 1 amide bonds. The molecule has 0 aliphatic rings. The predicted molar refractivity (Wildman–Crippen MR) is 126 cm³/mol. The molecular formula is C26H23N3O4. The van der Waals surface area contributed by atoms with E-state index in [1.165, 1.54) is 0 Å². The quantitative estimate of drug-likeness (QED) is 0.419. The van der Waals surface area contributed by atoms with Crippen molar-refractivity contribution < 1.29 is 14.6 Å². The molecule has 0 fully saturated rings. The number of aromatic hydroxyl groups is 1. The van der Waals surface area contributed by atoms with Gasteiger partial charge >= 0.3 is 5.69 Å². The number of nitrogens with one attached hydrogen (secondary N) is 2. The van der Waals surface area contributed by atoms with Crippen molar-refractivity contribution in [2.75, 3.05) is 7.11 Å². The van der Waals surface area contributed by atoms with Crippen molar-refractivity contribution in [2.24, 2.45) is 0 Å². The summed E-state index contributed by atoms with van der Waals surface area (Å²) in [6, 6.07) is 21.3. The number of H-pyrrole nitrogens is 1. The summed E-state index contributed by atoms with van der Waals surface area (Å²) >= 11 is 0. The summed E-state index contributed by atoms with van der Waals surface area (Å²) in [5.41, 5.74) is 4.03. The Balaban J connectivity index is 1.56. The van der Waals surface area contributed by atoms with Gasteiger partial charge in [0.2, 0.25) is 0 Å². The van der Waals surface area contributed by atoms with Crippen LogP contribution < -0.4 is 15.7 Å². The number of aryl methyl sites for hydroxylation is 1. The van der Waals surface area contributed by atoms with Gasteiger partial charge in [-0.2, -0.15) is 4.98 Å². The van der Waals surface area contributed by atoms with Gasteiger partial charge in [-0.3, -0.25) is 4.79 Å². The van der Waals surface area contributed by atoms with Crippen LogP contribution in [0.3, 0.4) is 0 Å². The van der Waals surface area contributed by atoms with E-state index in [2.05, 4.69) is 15.3 Å². The molecule has 0 aliphatic carbocycles. The van der Waals surface area contributed by atoms with Crippen LogP contribution in [0.1, 0.15) is 21.5 Å². The number of aromatic nitrogens is 2. The van der Waals surface area contributed by atoms with Crippen LogP contribution in [0.5, 0.6) is 11.5 Å². The van der Waals surface area contributed by atoms with Crippen LogP contribution in [-0.4, -0.2) is 28.1 Å². The van der Waals surface area contributed by atoms with E-state index in [9.17, 15) is 14.7 Å². The average Bonchev–Trinajstić information content (AvgIpc) is 2.84. The Labute approximate surface area is 190 Å². The van der Waals surface area contributed by atoms with Gasteiger partial charge in [-0.15, -0.1) is 0 Å². The molecule has 0 aliphatic heterocycles. The second-order valence-corrected chi connectivity index (χ2v) is 7.60. The number of methoxy groups -OCH3 is 1. The van der Waals surface area contributed by atoms with Gasteiger partial charge in [0.05, 0.1) is 18.5 Å². The SMILES string of the molecule is COc1ccc(CNC(=O)c2cccc(-c3cc(-c4ccc(O)c(C)c4)[nH]c(=O)n3)c2)cc1. The summed E-state index contributed by atoms with van der Waals surface area (Å²) in [6.45, 7) is 2.16. The van der Waals surface area contributed by atoms with Crippen LogP contribution in [-0.2, 0) is 6.54 Å². The lowest BCUT2D eigenvalue weighted by Gasteiger charge is -2.09. The maximum atomic E-state index is 12.7. The molecule has 0 saturated carbocycles. The van der Waals surface area contributed by atoms with Gasteiger partial charge in [0, 0.05) is 17.7 Å². The first kappa shape index (κ1) is 21.8. The number of phenols is 1. The molecule has 1 heterocycles. The van der Waals surface area contributed by atoms with Crippen molar-refractivity contribution in [3.63, 3.8) is 0 Å². The van der Waals surface area contributed by atoms with E-state index in [0.29, 0.717) is 34.6 Å². The Kier molecular flexibility index (Phi) is 6.22. The molecule has 0 spiro atoms. The molecule has 3 aromatic carbocycles. The van der Waals surface area contributed by atoms with Crippen molar-refractivity contribution in [2.45, 2.75) is 13.5 Å². The third kappa shape index (κ3) is 5.10. The van der Waals surface area contributed by atoms with E-state index >= 15 is 0 Å². The van der Waals surface area contributed by atoms with Gasteiger partial charge in [0.1, 0.15) is 11.5 Å². The number of carbonyl (C=O) groups excluding carboxylic acids is 1. The number of hydrogen-bond acceptors (Lipinski definition) is 5. The van der Waals surface area contributed by atoms with Crippen molar-refractivity contribution in [1.82, 2.24) is 15.3 Å². The topological polar surface area (TPSA) is 104 Å². The van der Waals surface area contributed by atoms with Crippen LogP contribution >= 0.6 is 0 Å². The lowest BCUT2D eigenvalue weighted by molar-refractivity contribution is 0.0951. The molecular weight excluding hydrogens is 418 g/mol. The third-order valence-electron chi connectivity index (χ3n) is 5.29. The fraction of sp³-hybridized carbons (Fsp3) is 0.115. The second kappa shape index (κ2) is 9.40. The van der Waals surface area contributed by atoms with Crippen molar-refractivity contribution in [3.8, 4) is 34.0 Å². The van der Waals surface area contributed by atoms with E-state index in [0.717, 1.165) is 16.9 Å². The predicted octanol–water partition coefficient (Wildman–Crippen LogP) is 4.06. The Morgan fingerprint density at radius 3 is 2.55 bits per heavy atom. The highest BCUT2D eigenvalue weighted by Crippen LogP contribution is 2.26. The molecule has 1 aromatic heterocycles. The summed E-state index contributed by atoms with van der Waals surface area (Å²) in [5, 5.41) is 12.7. The molecule has 0 unspecified atom stereocenters. The number of aromatic amines is 1. The van der Waals surface area contributed by atoms with Crippen LogP contribution in [0.15, 0.2) is 77.6 Å². The maximum absolute atomic E-state index is 12.7. The van der Waals surface area contributed by atoms with Gasteiger partial charge in [-0.1, -0.05) is 24.3 Å². The molecule has 4 aromatic rings. The zero-order chi connectivity index (χ0) is 23.4. The number of ether oxygens (including phenoxy) is 1. The molecule has 7 nitrogen and oxygen atoms in total. The lowest BCUT2D eigenvalue weighted by Crippen LogP contribution is -2.22. The summed E-state index contributed by atoms with van der Waals surface area (Å²) in [4.78, 5) is 31.7. The van der Waals surface area contributed by atoms with Crippen LogP contribution in [0.4, 0.5) is 0 Å². The first-order valence-electron chi connectivity index (χ1n) is 10.4. The van der Waals surface area contributed by atoms with Gasteiger partial charge in [-0.05, 0) is 72.1 Å². The molecule has 0 saturated heterocycles. The van der Waals surface area contributed by atoms with Crippen LogP contribution in [0.25, 0.3) is 22.5 Å². The van der Waals surface area contributed by atoms with E-state index in [1.54, 1.807) is 62.6 Å². The molecule has 4 rings (SSSR count). The zero-order valence-electron chi connectivity index (χ0n) is 18.3. The number of amides is 1. The highest BCUT2D eigenvalue weighted by atomic mass is 16.5. The smallest absolute Gasteiger partial charge is 0.345 e. The monoisotopic (exact) mass is 441 g/mol.